The number of nitrogens with zero attached hydrogens (tertiary/aromatic N) is 1. The predicted molar refractivity (Wildman–Crippen MR) is 77.8 cm³/mol. The van der Waals surface area contributed by atoms with Crippen molar-refractivity contribution >= 4 is 11.9 Å². The summed E-state index contributed by atoms with van der Waals surface area (Å²) in [6, 6.07) is 5.28. The van der Waals surface area contributed by atoms with E-state index in [1.54, 1.807) is 0 Å². The van der Waals surface area contributed by atoms with Crippen LogP contribution in [0, 0.1) is 13.8 Å². The van der Waals surface area contributed by atoms with Gasteiger partial charge in [-0.1, -0.05) is 23.8 Å². The Morgan fingerprint density at radius 1 is 1.38 bits per heavy atom. The molecule has 0 radical (unpaired) electrons. The van der Waals surface area contributed by atoms with Crippen molar-refractivity contribution in [3.63, 3.8) is 0 Å². The molecule has 1 fully saturated rings. The van der Waals surface area contributed by atoms with E-state index in [0.29, 0.717) is 0 Å². The Labute approximate surface area is 124 Å². The highest BCUT2D eigenvalue weighted by molar-refractivity contribution is 5.86. The van der Waals surface area contributed by atoms with E-state index in [0.717, 1.165) is 16.7 Å². The highest BCUT2D eigenvalue weighted by Crippen LogP contribution is 2.21. The first kappa shape index (κ1) is 15.5. The smallest absolute Gasteiger partial charge is 0.328 e. The molecule has 114 valence electrons. The average Bonchev–Trinajstić information content (AvgIpc) is 2.84. The average molecular weight is 291 g/mol. The summed E-state index contributed by atoms with van der Waals surface area (Å²) in [6.07, 6.45) is -0.199. The zero-order valence-electron chi connectivity index (χ0n) is 12.6. The number of hydrogen-bond acceptors (Lipinski definition) is 4. The zero-order valence-corrected chi connectivity index (χ0v) is 12.6. The summed E-state index contributed by atoms with van der Waals surface area (Å²) in [7, 11) is 1.29. The number of methoxy groups -OCH3 is 1. The molecule has 1 saturated heterocycles. The van der Waals surface area contributed by atoms with E-state index in [1.807, 2.05) is 32.0 Å². The predicted octanol–water partition coefficient (Wildman–Crippen LogP) is 0.981. The van der Waals surface area contributed by atoms with Crippen molar-refractivity contribution in [3.8, 4) is 0 Å². The first-order chi connectivity index (χ1) is 9.92. The van der Waals surface area contributed by atoms with Crippen LogP contribution < -0.4 is 0 Å². The second-order valence-corrected chi connectivity index (χ2v) is 5.58. The molecule has 0 saturated carbocycles. The summed E-state index contributed by atoms with van der Waals surface area (Å²) in [5.41, 5.74) is 3.09. The molecular formula is C16H21NO4. The molecule has 2 unspecified atom stereocenters. The number of benzene rings is 1. The third kappa shape index (κ3) is 3.42. The summed E-state index contributed by atoms with van der Waals surface area (Å²) >= 11 is 0. The van der Waals surface area contributed by atoms with Crippen LogP contribution in [0.1, 0.15) is 23.1 Å². The summed E-state index contributed by atoms with van der Waals surface area (Å²) in [5.74, 6) is -0.628. The van der Waals surface area contributed by atoms with Gasteiger partial charge in [-0.3, -0.25) is 4.79 Å². The Morgan fingerprint density at radius 3 is 2.76 bits per heavy atom. The lowest BCUT2D eigenvalue weighted by molar-refractivity contribution is -0.150. The van der Waals surface area contributed by atoms with Gasteiger partial charge in [-0.05, 0) is 25.0 Å². The lowest BCUT2D eigenvalue weighted by Crippen LogP contribution is -2.42. The Hall–Kier alpha value is -1.88. The molecule has 1 heterocycles. The van der Waals surface area contributed by atoms with Crippen LogP contribution in [0.4, 0.5) is 0 Å². The van der Waals surface area contributed by atoms with Gasteiger partial charge in [-0.25, -0.2) is 4.79 Å². The van der Waals surface area contributed by atoms with Crippen molar-refractivity contribution in [1.29, 1.82) is 0 Å². The monoisotopic (exact) mass is 291 g/mol. The number of aryl methyl sites for hydroxylation is 2. The zero-order chi connectivity index (χ0) is 15.6. The molecule has 1 aliphatic rings. The number of hydrogen-bond donors (Lipinski definition) is 1. The fourth-order valence-electron chi connectivity index (χ4n) is 2.70. The van der Waals surface area contributed by atoms with Gasteiger partial charge in [-0.15, -0.1) is 0 Å². The topological polar surface area (TPSA) is 66.8 Å². The fourth-order valence-corrected chi connectivity index (χ4v) is 2.70. The molecule has 2 atom stereocenters. The summed E-state index contributed by atoms with van der Waals surface area (Å²) in [6.45, 7) is 4.12. The molecule has 5 heteroatoms. The largest absolute Gasteiger partial charge is 0.467 e. The van der Waals surface area contributed by atoms with Gasteiger partial charge in [0.25, 0.3) is 0 Å². The van der Waals surface area contributed by atoms with Crippen LogP contribution in [0.25, 0.3) is 0 Å². The third-order valence-corrected chi connectivity index (χ3v) is 3.92. The first-order valence-corrected chi connectivity index (χ1v) is 7.04. The number of aliphatic hydroxyl groups excluding tert-OH is 1. The molecule has 0 bridgehead atoms. The van der Waals surface area contributed by atoms with E-state index in [9.17, 15) is 14.7 Å². The minimum absolute atomic E-state index is 0.157. The molecule has 1 aliphatic heterocycles. The number of carbonyl (C=O) groups is 2. The fraction of sp³-hybridized carbons (Fsp3) is 0.500. The van der Waals surface area contributed by atoms with Crippen LogP contribution in [0.2, 0.25) is 0 Å². The van der Waals surface area contributed by atoms with Crippen LogP contribution in [-0.2, 0) is 20.7 Å². The minimum atomic E-state index is -0.678. The normalized spacial score (nSPS) is 21.4. The number of likely N-dealkylation sites (tertiary alicyclic amines) is 1. The van der Waals surface area contributed by atoms with Crippen LogP contribution in [-0.4, -0.2) is 47.7 Å². The number of rotatable bonds is 3. The number of carbonyl (C=O) groups excluding carboxylic acids is 2. The Bertz CT molecular complexity index is 555. The molecule has 1 amide bonds. The van der Waals surface area contributed by atoms with Gasteiger partial charge >= 0.3 is 5.97 Å². The molecular weight excluding hydrogens is 270 g/mol. The van der Waals surface area contributed by atoms with Crippen molar-refractivity contribution < 1.29 is 19.4 Å². The second kappa shape index (κ2) is 6.26. The van der Waals surface area contributed by atoms with Gasteiger partial charge in [0.05, 0.1) is 19.6 Å². The van der Waals surface area contributed by atoms with Gasteiger partial charge in [0, 0.05) is 13.0 Å². The molecule has 5 nitrogen and oxygen atoms in total. The number of amides is 1. The van der Waals surface area contributed by atoms with Gasteiger partial charge in [-0.2, -0.15) is 0 Å². The third-order valence-electron chi connectivity index (χ3n) is 3.92. The van der Waals surface area contributed by atoms with E-state index in [-0.39, 0.29) is 25.3 Å². The van der Waals surface area contributed by atoms with Crippen molar-refractivity contribution in [2.75, 3.05) is 13.7 Å². The van der Waals surface area contributed by atoms with Crippen molar-refractivity contribution in [3.05, 3.63) is 34.9 Å². The maximum atomic E-state index is 12.5. The van der Waals surface area contributed by atoms with Gasteiger partial charge in [0.15, 0.2) is 0 Å². The molecule has 0 aliphatic carbocycles. The highest BCUT2D eigenvalue weighted by atomic mass is 16.5. The SMILES string of the molecule is COC(=O)C1CC(O)CN1C(=O)Cc1cc(C)ccc1C. The quantitative estimate of drug-likeness (QED) is 0.843. The Kier molecular flexibility index (Phi) is 4.63. The van der Waals surface area contributed by atoms with E-state index >= 15 is 0 Å². The van der Waals surface area contributed by atoms with Crippen molar-refractivity contribution in [2.45, 2.75) is 38.8 Å². The first-order valence-electron chi connectivity index (χ1n) is 7.04. The lowest BCUT2D eigenvalue weighted by Gasteiger charge is -2.22. The van der Waals surface area contributed by atoms with Crippen LogP contribution in [0.3, 0.4) is 0 Å². The van der Waals surface area contributed by atoms with E-state index in [1.165, 1.54) is 12.0 Å². The summed E-state index contributed by atoms with van der Waals surface area (Å²) in [5, 5.41) is 9.73. The molecule has 1 aromatic carbocycles. The van der Waals surface area contributed by atoms with Gasteiger partial charge in [0.2, 0.25) is 5.91 Å². The number of β-amino-alcohol motifs (C(OH)–C–C–N with tert-alkyl or cyclic N) is 1. The molecule has 0 spiro atoms. The van der Waals surface area contributed by atoms with E-state index in [4.69, 9.17) is 4.74 Å². The minimum Gasteiger partial charge on any atom is -0.467 e. The second-order valence-electron chi connectivity index (χ2n) is 5.58. The molecule has 0 aromatic heterocycles. The number of esters is 1. The van der Waals surface area contributed by atoms with Crippen LogP contribution in [0.5, 0.6) is 0 Å². The Balaban J connectivity index is 2.15. The van der Waals surface area contributed by atoms with Gasteiger partial charge < -0.3 is 14.7 Å². The lowest BCUT2D eigenvalue weighted by atomic mass is 10.0. The maximum Gasteiger partial charge on any atom is 0.328 e. The molecule has 2 rings (SSSR count). The number of aliphatic hydroxyl groups is 1. The number of ether oxygens (including phenoxy) is 1. The van der Waals surface area contributed by atoms with Crippen LogP contribution >= 0.6 is 0 Å². The van der Waals surface area contributed by atoms with E-state index in [2.05, 4.69) is 0 Å². The Morgan fingerprint density at radius 2 is 2.10 bits per heavy atom. The van der Waals surface area contributed by atoms with E-state index < -0.39 is 18.1 Å². The maximum absolute atomic E-state index is 12.5. The van der Waals surface area contributed by atoms with Crippen LogP contribution in [0.15, 0.2) is 18.2 Å². The van der Waals surface area contributed by atoms with Crippen molar-refractivity contribution in [2.24, 2.45) is 0 Å². The highest BCUT2D eigenvalue weighted by Gasteiger charge is 2.39. The molecule has 1 aromatic rings. The standard InChI is InChI=1S/C16H21NO4/c1-10-4-5-11(2)12(6-10)7-15(19)17-9-13(18)8-14(17)16(20)21-3/h4-6,13-14,18H,7-9H2,1-3H3. The van der Waals surface area contributed by atoms with Gasteiger partial charge in [0.1, 0.15) is 6.04 Å². The molecule has 21 heavy (non-hydrogen) atoms. The summed E-state index contributed by atoms with van der Waals surface area (Å²) in [4.78, 5) is 25.6. The molecule has 1 N–H and O–H groups in total. The van der Waals surface area contributed by atoms with Crippen molar-refractivity contribution in [1.82, 2.24) is 4.90 Å². The summed E-state index contributed by atoms with van der Waals surface area (Å²) < 4.78 is 4.71.